The number of carbonyl (C=O) groups is 1. The van der Waals surface area contributed by atoms with Crippen LogP contribution >= 0.6 is 0 Å². The van der Waals surface area contributed by atoms with Gasteiger partial charge in [-0.2, -0.15) is 0 Å². The number of rotatable bonds is 8. The molecule has 23 heavy (non-hydrogen) atoms. The topological polar surface area (TPSA) is 83.7 Å². The first-order chi connectivity index (χ1) is 11.2. The van der Waals surface area contributed by atoms with Gasteiger partial charge in [0.05, 0.1) is 13.4 Å². The van der Waals surface area contributed by atoms with E-state index in [0.717, 1.165) is 17.7 Å². The van der Waals surface area contributed by atoms with Crippen molar-refractivity contribution < 1.29 is 19.1 Å². The molecule has 0 aliphatic rings. The van der Waals surface area contributed by atoms with Crippen LogP contribution in [0, 0.1) is 0 Å². The zero-order valence-corrected chi connectivity index (χ0v) is 13.1. The van der Waals surface area contributed by atoms with E-state index in [2.05, 4.69) is 10.6 Å². The predicted octanol–water partition coefficient (Wildman–Crippen LogP) is 2.25. The Morgan fingerprint density at radius 1 is 1.22 bits per heavy atom. The maximum Gasteiger partial charge on any atom is 0.314 e. The lowest BCUT2D eigenvalue weighted by atomic mass is 10.1. The van der Waals surface area contributed by atoms with Crippen molar-refractivity contribution in [3.05, 3.63) is 54.0 Å². The summed E-state index contributed by atoms with van der Waals surface area (Å²) in [5.41, 5.74) is 1.12. The number of aliphatic hydroxyl groups excluding tert-OH is 1. The molecular formula is C17H22N2O4. The predicted molar refractivity (Wildman–Crippen MR) is 86.4 cm³/mol. The molecule has 0 aliphatic carbocycles. The molecule has 0 aliphatic heterocycles. The fraction of sp³-hybridized carbons (Fsp3) is 0.353. The van der Waals surface area contributed by atoms with Gasteiger partial charge in [-0.1, -0.05) is 12.1 Å². The standard InChI is InChI=1S/C17H22N2O4/c1-22-14-6-4-13(5-7-14)8-10-18-17(21)19-11-9-15(20)16-3-2-12-23-16/h2-7,12,15,20H,8-11H2,1H3,(H2,18,19,21)/t15-/m0/s1. The maximum atomic E-state index is 11.7. The second-order valence-electron chi connectivity index (χ2n) is 5.10. The molecular weight excluding hydrogens is 296 g/mol. The highest BCUT2D eigenvalue weighted by atomic mass is 16.5. The number of nitrogens with one attached hydrogen (secondary N) is 2. The number of methoxy groups -OCH3 is 1. The Morgan fingerprint density at radius 2 is 1.96 bits per heavy atom. The van der Waals surface area contributed by atoms with Crippen molar-refractivity contribution in [1.82, 2.24) is 10.6 Å². The Balaban J connectivity index is 1.59. The van der Waals surface area contributed by atoms with Gasteiger partial charge in [-0.25, -0.2) is 4.79 Å². The van der Waals surface area contributed by atoms with E-state index in [9.17, 15) is 9.90 Å². The van der Waals surface area contributed by atoms with Gasteiger partial charge in [-0.3, -0.25) is 0 Å². The number of carbonyl (C=O) groups excluding carboxylic acids is 1. The minimum Gasteiger partial charge on any atom is -0.497 e. The molecule has 0 unspecified atom stereocenters. The molecule has 1 heterocycles. The molecule has 1 aromatic heterocycles. The highest BCUT2D eigenvalue weighted by molar-refractivity contribution is 5.73. The molecule has 2 aromatic rings. The molecule has 124 valence electrons. The highest BCUT2D eigenvalue weighted by Gasteiger charge is 2.10. The first kappa shape index (κ1) is 16.9. The number of aliphatic hydroxyl groups is 1. The minimum atomic E-state index is -0.704. The van der Waals surface area contributed by atoms with Crippen LogP contribution in [0.3, 0.4) is 0 Å². The van der Waals surface area contributed by atoms with Crippen LogP contribution in [-0.4, -0.2) is 31.3 Å². The number of hydrogen-bond donors (Lipinski definition) is 3. The maximum absolute atomic E-state index is 11.7. The second kappa shape index (κ2) is 8.85. The molecule has 2 rings (SSSR count). The quantitative estimate of drug-likeness (QED) is 0.697. The van der Waals surface area contributed by atoms with Gasteiger partial charge in [0.15, 0.2) is 0 Å². The van der Waals surface area contributed by atoms with Crippen LogP contribution < -0.4 is 15.4 Å². The van der Waals surface area contributed by atoms with Crippen LogP contribution in [0.5, 0.6) is 5.75 Å². The SMILES string of the molecule is COc1ccc(CCNC(=O)NCC[C@H](O)c2ccco2)cc1. The Bertz CT molecular complexity index is 581. The van der Waals surface area contributed by atoms with E-state index in [1.165, 1.54) is 6.26 Å². The average molecular weight is 318 g/mol. The van der Waals surface area contributed by atoms with Crippen molar-refractivity contribution in [3.8, 4) is 5.75 Å². The van der Waals surface area contributed by atoms with E-state index in [1.54, 1.807) is 19.2 Å². The molecule has 2 amide bonds. The van der Waals surface area contributed by atoms with Crippen molar-refractivity contribution in [1.29, 1.82) is 0 Å². The minimum absolute atomic E-state index is 0.245. The Kier molecular flexibility index (Phi) is 6.50. The largest absolute Gasteiger partial charge is 0.497 e. The highest BCUT2D eigenvalue weighted by Crippen LogP contribution is 2.15. The van der Waals surface area contributed by atoms with Crippen molar-refractivity contribution >= 4 is 6.03 Å². The summed E-state index contributed by atoms with van der Waals surface area (Å²) >= 11 is 0. The van der Waals surface area contributed by atoms with E-state index in [4.69, 9.17) is 9.15 Å². The summed E-state index contributed by atoms with van der Waals surface area (Å²) in [4.78, 5) is 11.7. The lowest BCUT2D eigenvalue weighted by Gasteiger charge is -2.10. The van der Waals surface area contributed by atoms with E-state index in [1.807, 2.05) is 24.3 Å². The average Bonchev–Trinajstić information content (AvgIpc) is 3.10. The number of amides is 2. The van der Waals surface area contributed by atoms with Gasteiger partial charge in [-0.05, 0) is 42.7 Å². The summed E-state index contributed by atoms with van der Waals surface area (Å²) in [5.74, 6) is 1.32. The van der Waals surface area contributed by atoms with Crippen molar-refractivity contribution in [3.63, 3.8) is 0 Å². The van der Waals surface area contributed by atoms with Crippen LogP contribution in [0.4, 0.5) is 4.79 Å². The van der Waals surface area contributed by atoms with Gasteiger partial charge in [-0.15, -0.1) is 0 Å². The van der Waals surface area contributed by atoms with Gasteiger partial charge in [0, 0.05) is 13.1 Å². The van der Waals surface area contributed by atoms with Crippen LogP contribution in [0.1, 0.15) is 23.8 Å². The molecule has 0 bridgehead atoms. The lowest BCUT2D eigenvalue weighted by Crippen LogP contribution is -2.37. The van der Waals surface area contributed by atoms with Crippen LogP contribution in [0.15, 0.2) is 47.1 Å². The molecule has 3 N–H and O–H groups in total. The number of ether oxygens (including phenoxy) is 1. The van der Waals surface area contributed by atoms with Gasteiger partial charge >= 0.3 is 6.03 Å². The van der Waals surface area contributed by atoms with Crippen LogP contribution in [0.2, 0.25) is 0 Å². The smallest absolute Gasteiger partial charge is 0.314 e. The van der Waals surface area contributed by atoms with Crippen molar-refractivity contribution in [2.45, 2.75) is 18.9 Å². The van der Waals surface area contributed by atoms with Gasteiger partial charge in [0.2, 0.25) is 0 Å². The molecule has 0 fully saturated rings. The number of hydrogen-bond acceptors (Lipinski definition) is 4. The molecule has 6 heteroatoms. The number of benzene rings is 1. The molecule has 6 nitrogen and oxygen atoms in total. The molecule has 0 radical (unpaired) electrons. The monoisotopic (exact) mass is 318 g/mol. The number of furan rings is 1. The molecule has 0 spiro atoms. The van der Waals surface area contributed by atoms with Gasteiger partial charge < -0.3 is 24.9 Å². The lowest BCUT2D eigenvalue weighted by molar-refractivity contribution is 0.140. The fourth-order valence-corrected chi connectivity index (χ4v) is 2.12. The third-order valence-electron chi connectivity index (χ3n) is 3.43. The van der Waals surface area contributed by atoms with Gasteiger partial charge in [0.1, 0.15) is 17.6 Å². The molecule has 0 saturated heterocycles. The van der Waals surface area contributed by atoms with Gasteiger partial charge in [0.25, 0.3) is 0 Å². The summed E-state index contributed by atoms with van der Waals surface area (Å²) in [5, 5.41) is 15.3. The van der Waals surface area contributed by atoms with E-state index in [-0.39, 0.29) is 6.03 Å². The normalized spacial score (nSPS) is 11.7. The summed E-state index contributed by atoms with van der Waals surface area (Å²) in [6, 6.07) is 10.9. The summed E-state index contributed by atoms with van der Waals surface area (Å²) in [6.07, 6.45) is 1.95. The fourth-order valence-electron chi connectivity index (χ4n) is 2.12. The van der Waals surface area contributed by atoms with Crippen molar-refractivity contribution in [2.75, 3.05) is 20.2 Å². The molecule has 0 saturated carbocycles. The third-order valence-corrected chi connectivity index (χ3v) is 3.43. The van der Waals surface area contributed by atoms with E-state index < -0.39 is 6.10 Å². The summed E-state index contributed by atoms with van der Waals surface area (Å²) in [7, 11) is 1.63. The van der Waals surface area contributed by atoms with Crippen LogP contribution in [-0.2, 0) is 6.42 Å². The van der Waals surface area contributed by atoms with Crippen LogP contribution in [0.25, 0.3) is 0 Å². The first-order valence-electron chi connectivity index (χ1n) is 7.55. The Labute approximate surface area is 135 Å². The first-order valence-corrected chi connectivity index (χ1v) is 7.55. The van der Waals surface area contributed by atoms with E-state index in [0.29, 0.717) is 25.3 Å². The summed E-state index contributed by atoms with van der Waals surface area (Å²) in [6.45, 7) is 0.912. The zero-order valence-electron chi connectivity index (χ0n) is 13.1. The van der Waals surface area contributed by atoms with E-state index >= 15 is 0 Å². The summed E-state index contributed by atoms with van der Waals surface area (Å²) < 4.78 is 10.2. The second-order valence-corrected chi connectivity index (χ2v) is 5.10. The number of urea groups is 1. The Morgan fingerprint density at radius 3 is 2.61 bits per heavy atom. The Hall–Kier alpha value is -2.47. The third kappa shape index (κ3) is 5.67. The zero-order chi connectivity index (χ0) is 16.5. The molecule has 1 atom stereocenters. The molecule has 1 aromatic carbocycles. The van der Waals surface area contributed by atoms with Crippen molar-refractivity contribution in [2.24, 2.45) is 0 Å².